The molecule has 0 heterocycles. The number of hydrogen-bond donors (Lipinski definition) is 1. The van der Waals surface area contributed by atoms with Gasteiger partial charge in [-0.05, 0) is 69.2 Å². The van der Waals surface area contributed by atoms with E-state index < -0.39 is 0 Å². The number of hydrogen-bond acceptors (Lipinski definition) is 2. The van der Waals surface area contributed by atoms with Gasteiger partial charge in [0.05, 0.1) is 0 Å². The summed E-state index contributed by atoms with van der Waals surface area (Å²) in [7, 11) is 2.36. The standard InChI is InChI=1S/C18H36N2/c1-14-6-8-16(9-7-14)20(5)18(13-19)11-15(2)10-17(3,4)12-18/h14-16H,6-13,19H2,1-5H3. The second kappa shape index (κ2) is 5.96. The van der Waals surface area contributed by atoms with E-state index in [0.717, 1.165) is 24.4 Å². The summed E-state index contributed by atoms with van der Waals surface area (Å²) in [6.45, 7) is 10.5. The highest BCUT2D eigenvalue weighted by Crippen LogP contribution is 2.47. The minimum absolute atomic E-state index is 0.242. The monoisotopic (exact) mass is 280 g/mol. The van der Waals surface area contributed by atoms with Crippen LogP contribution in [-0.4, -0.2) is 30.1 Å². The molecular weight excluding hydrogens is 244 g/mol. The van der Waals surface area contributed by atoms with Gasteiger partial charge in [-0.2, -0.15) is 0 Å². The maximum atomic E-state index is 6.31. The van der Waals surface area contributed by atoms with Gasteiger partial charge in [-0.15, -0.1) is 0 Å². The first-order valence-electron chi connectivity index (χ1n) is 8.71. The van der Waals surface area contributed by atoms with Crippen molar-refractivity contribution in [2.24, 2.45) is 23.0 Å². The number of rotatable bonds is 3. The lowest BCUT2D eigenvalue weighted by molar-refractivity contribution is -0.0303. The number of nitrogens with zero attached hydrogens (tertiary/aromatic N) is 1. The maximum Gasteiger partial charge on any atom is 0.0339 e. The van der Waals surface area contributed by atoms with Gasteiger partial charge in [0, 0.05) is 18.1 Å². The van der Waals surface area contributed by atoms with Gasteiger partial charge in [-0.3, -0.25) is 4.90 Å². The van der Waals surface area contributed by atoms with Crippen LogP contribution in [0.3, 0.4) is 0 Å². The van der Waals surface area contributed by atoms with Crippen LogP contribution in [0.2, 0.25) is 0 Å². The smallest absolute Gasteiger partial charge is 0.0339 e. The van der Waals surface area contributed by atoms with Gasteiger partial charge in [0.1, 0.15) is 0 Å². The molecule has 0 radical (unpaired) electrons. The van der Waals surface area contributed by atoms with Crippen molar-refractivity contribution in [3.05, 3.63) is 0 Å². The summed E-state index contributed by atoms with van der Waals surface area (Å²) < 4.78 is 0. The molecule has 118 valence electrons. The zero-order valence-electron chi connectivity index (χ0n) is 14.4. The molecule has 2 rings (SSSR count). The summed E-state index contributed by atoms with van der Waals surface area (Å²) in [4.78, 5) is 2.70. The molecule has 0 saturated heterocycles. The van der Waals surface area contributed by atoms with E-state index in [9.17, 15) is 0 Å². The molecule has 0 amide bonds. The van der Waals surface area contributed by atoms with Gasteiger partial charge >= 0.3 is 0 Å². The van der Waals surface area contributed by atoms with Gasteiger partial charge in [0.25, 0.3) is 0 Å². The summed E-state index contributed by atoms with van der Waals surface area (Å²) in [6.07, 6.45) is 9.44. The summed E-state index contributed by atoms with van der Waals surface area (Å²) >= 11 is 0. The van der Waals surface area contributed by atoms with Crippen LogP contribution in [0.1, 0.15) is 72.6 Å². The molecule has 2 N–H and O–H groups in total. The third kappa shape index (κ3) is 3.39. The predicted molar refractivity (Wildman–Crippen MR) is 87.8 cm³/mol. The van der Waals surface area contributed by atoms with Gasteiger partial charge < -0.3 is 5.73 Å². The van der Waals surface area contributed by atoms with Crippen LogP contribution in [0.25, 0.3) is 0 Å². The van der Waals surface area contributed by atoms with E-state index in [0.29, 0.717) is 5.41 Å². The highest BCUT2D eigenvalue weighted by atomic mass is 15.2. The minimum Gasteiger partial charge on any atom is -0.329 e. The molecule has 0 aliphatic heterocycles. The van der Waals surface area contributed by atoms with Gasteiger partial charge in [0.2, 0.25) is 0 Å². The fraction of sp³-hybridized carbons (Fsp3) is 1.00. The van der Waals surface area contributed by atoms with Crippen LogP contribution in [0.5, 0.6) is 0 Å². The summed E-state index contributed by atoms with van der Waals surface area (Å²) in [6, 6.07) is 0.760. The van der Waals surface area contributed by atoms with E-state index in [2.05, 4.69) is 39.6 Å². The number of nitrogens with two attached hydrogens (primary N) is 1. The molecule has 0 aromatic rings. The fourth-order valence-corrected chi connectivity index (χ4v) is 5.28. The van der Waals surface area contributed by atoms with Crippen molar-refractivity contribution in [1.29, 1.82) is 0 Å². The van der Waals surface area contributed by atoms with Crippen LogP contribution < -0.4 is 5.73 Å². The lowest BCUT2D eigenvalue weighted by Crippen LogP contribution is -2.60. The Morgan fingerprint density at radius 3 is 2.10 bits per heavy atom. The summed E-state index contributed by atoms with van der Waals surface area (Å²) in [5, 5.41) is 0. The Morgan fingerprint density at radius 2 is 1.60 bits per heavy atom. The second-order valence-electron chi connectivity index (χ2n) is 8.81. The van der Waals surface area contributed by atoms with E-state index in [1.54, 1.807) is 0 Å². The van der Waals surface area contributed by atoms with Crippen LogP contribution in [0.4, 0.5) is 0 Å². The molecule has 0 bridgehead atoms. The highest BCUT2D eigenvalue weighted by molar-refractivity contribution is 5.02. The maximum absolute atomic E-state index is 6.31. The summed E-state index contributed by atoms with van der Waals surface area (Å²) in [5.74, 6) is 1.72. The molecule has 0 aromatic heterocycles. The first-order chi connectivity index (χ1) is 9.28. The lowest BCUT2D eigenvalue weighted by atomic mass is 9.63. The summed E-state index contributed by atoms with van der Waals surface area (Å²) in [5.41, 5.74) is 7.00. The Labute approximate surface area is 126 Å². The SMILES string of the molecule is CC1CCC(N(C)C2(CN)CC(C)CC(C)(C)C2)CC1. The predicted octanol–water partition coefficient (Wildman–Crippen LogP) is 4.04. The van der Waals surface area contributed by atoms with E-state index >= 15 is 0 Å². The van der Waals surface area contributed by atoms with Crippen molar-refractivity contribution < 1.29 is 0 Å². The molecule has 2 heteroatoms. The Bertz CT molecular complexity index is 317. The molecular formula is C18H36N2. The van der Waals surface area contributed by atoms with Crippen molar-refractivity contribution >= 4 is 0 Å². The van der Waals surface area contributed by atoms with Gasteiger partial charge in [0.15, 0.2) is 0 Å². The number of likely N-dealkylation sites (N-methyl/N-ethyl adjacent to an activating group) is 1. The third-order valence-electron chi connectivity index (χ3n) is 6.10. The molecule has 2 atom stereocenters. The first-order valence-corrected chi connectivity index (χ1v) is 8.71. The van der Waals surface area contributed by atoms with E-state index in [4.69, 9.17) is 5.73 Å². The zero-order valence-corrected chi connectivity index (χ0v) is 14.4. The van der Waals surface area contributed by atoms with E-state index in [1.165, 1.54) is 44.9 Å². The molecule has 0 spiro atoms. The van der Waals surface area contributed by atoms with E-state index in [1.807, 2.05) is 0 Å². The largest absolute Gasteiger partial charge is 0.329 e. The Kier molecular flexibility index (Phi) is 4.86. The van der Waals surface area contributed by atoms with Crippen LogP contribution >= 0.6 is 0 Å². The minimum atomic E-state index is 0.242. The molecule has 2 unspecified atom stereocenters. The van der Waals surface area contributed by atoms with Crippen molar-refractivity contribution in [1.82, 2.24) is 4.90 Å². The first kappa shape index (κ1) is 16.3. The molecule has 2 aliphatic rings. The molecule has 2 aliphatic carbocycles. The molecule has 2 saturated carbocycles. The van der Waals surface area contributed by atoms with Gasteiger partial charge in [-0.1, -0.05) is 27.7 Å². The molecule has 20 heavy (non-hydrogen) atoms. The highest BCUT2D eigenvalue weighted by Gasteiger charge is 2.46. The van der Waals surface area contributed by atoms with Crippen molar-refractivity contribution in [2.45, 2.75) is 84.2 Å². The fourth-order valence-electron chi connectivity index (χ4n) is 5.28. The van der Waals surface area contributed by atoms with Gasteiger partial charge in [-0.25, -0.2) is 0 Å². The van der Waals surface area contributed by atoms with Crippen LogP contribution in [0, 0.1) is 17.3 Å². The quantitative estimate of drug-likeness (QED) is 0.845. The van der Waals surface area contributed by atoms with Crippen molar-refractivity contribution in [2.75, 3.05) is 13.6 Å². The normalized spacial score (nSPS) is 41.9. The third-order valence-corrected chi connectivity index (χ3v) is 6.10. The van der Waals surface area contributed by atoms with Crippen molar-refractivity contribution in [3.63, 3.8) is 0 Å². The Hall–Kier alpha value is -0.0800. The average Bonchev–Trinajstić information content (AvgIpc) is 2.36. The Morgan fingerprint density at radius 1 is 1.00 bits per heavy atom. The molecule has 2 fully saturated rings. The van der Waals surface area contributed by atoms with Crippen LogP contribution in [-0.2, 0) is 0 Å². The van der Waals surface area contributed by atoms with Crippen molar-refractivity contribution in [3.8, 4) is 0 Å². The molecule has 0 aromatic carbocycles. The van der Waals surface area contributed by atoms with Crippen LogP contribution in [0.15, 0.2) is 0 Å². The average molecular weight is 280 g/mol. The molecule has 2 nitrogen and oxygen atoms in total. The Balaban J connectivity index is 2.13. The lowest BCUT2D eigenvalue weighted by Gasteiger charge is -2.54. The second-order valence-corrected chi connectivity index (χ2v) is 8.81. The van der Waals surface area contributed by atoms with E-state index in [-0.39, 0.29) is 5.54 Å². The zero-order chi connectivity index (χ0) is 15.0. The topological polar surface area (TPSA) is 29.3 Å².